The first-order valence-corrected chi connectivity index (χ1v) is 8.00. The highest BCUT2D eigenvalue weighted by atomic mass is 16.5. The molecule has 2 rings (SSSR count). The van der Waals surface area contributed by atoms with Crippen LogP contribution in [0.2, 0.25) is 0 Å². The van der Waals surface area contributed by atoms with Gasteiger partial charge in [-0.15, -0.1) is 0 Å². The van der Waals surface area contributed by atoms with Crippen molar-refractivity contribution in [2.45, 2.75) is 72.1 Å². The third-order valence-corrected chi connectivity index (χ3v) is 3.28. The Balaban J connectivity index is 1.74. The molecule has 0 bridgehead atoms. The first kappa shape index (κ1) is 17.0. The van der Waals surface area contributed by atoms with E-state index in [1.165, 1.54) is 0 Å². The first-order chi connectivity index (χ1) is 10.1. The van der Waals surface area contributed by atoms with Gasteiger partial charge in [-0.25, -0.2) is 9.97 Å². The number of aromatic nitrogens is 2. The maximum Gasteiger partial charge on any atom is 0.232 e. The minimum Gasteiger partial charge on any atom is -0.476 e. The molecule has 1 heterocycles. The van der Waals surface area contributed by atoms with Gasteiger partial charge in [-0.1, -0.05) is 20.8 Å². The van der Waals surface area contributed by atoms with Crippen LogP contribution in [0.15, 0.2) is 12.4 Å². The highest BCUT2D eigenvalue weighted by Crippen LogP contribution is 2.26. The van der Waals surface area contributed by atoms with Crippen LogP contribution < -0.4 is 14.8 Å². The van der Waals surface area contributed by atoms with E-state index in [9.17, 15) is 0 Å². The standard InChI is InChI=1S/C17H29N3O2/c1-16(2,3)11-21-14-9-19-15(10-18-14)22-13-7-12(8-13)20-17(4,5)6/h9-10,12-13,20H,7-8,11H2,1-6H3/t12-,13-. The Morgan fingerprint density at radius 1 is 1.05 bits per heavy atom. The number of rotatable bonds is 5. The molecular formula is C17H29N3O2. The van der Waals surface area contributed by atoms with Gasteiger partial charge < -0.3 is 14.8 Å². The Bertz CT molecular complexity index is 468. The minimum atomic E-state index is 0.109. The van der Waals surface area contributed by atoms with E-state index in [0.29, 0.717) is 24.4 Å². The molecule has 1 aliphatic carbocycles. The number of ether oxygens (including phenoxy) is 2. The van der Waals surface area contributed by atoms with E-state index in [0.717, 1.165) is 12.8 Å². The quantitative estimate of drug-likeness (QED) is 0.905. The van der Waals surface area contributed by atoms with Crippen molar-refractivity contribution in [1.82, 2.24) is 15.3 Å². The molecule has 22 heavy (non-hydrogen) atoms. The van der Waals surface area contributed by atoms with Crippen molar-refractivity contribution >= 4 is 0 Å². The second kappa shape index (κ2) is 6.41. The van der Waals surface area contributed by atoms with E-state index in [2.05, 4.69) is 56.8 Å². The molecule has 1 aromatic heterocycles. The topological polar surface area (TPSA) is 56.3 Å². The van der Waals surface area contributed by atoms with Crippen molar-refractivity contribution in [3.8, 4) is 11.8 Å². The van der Waals surface area contributed by atoms with Crippen molar-refractivity contribution in [2.75, 3.05) is 6.61 Å². The van der Waals surface area contributed by atoms with Gasteiger partial charge in [-0.2, -0.15) is 0 Å². The van der Waals surface area contributed by atoms with Crippen LogP contribution in [-0.4, -0.2) is 34.3 Å². The van der Waals surface area contributed by atoms with Crippen LogP contribution in [0, 0.1) is 5.41 Å². The second-order valence-corrected chi connectivity index (χ2v) is 8.34. The summed E-state index contributed by atoms with van der Waals surface area (Å²) in [5.41, 5.74) is 0.263. The summed E-state index contributed by atoms with van der Waals surface area (Å²) in [7, 11) is 0. The molecule has 0 amide bonds. The zero-order valence-corrected chi connectivity index (χ0v) is 14.6. The van der Waals surface area contributed by atoms with Crippen molar-refractivity contribution in [3.63, 3.8) is 0 Å². The molecule has 0 radical (unpaired) electrons. The normalized spacial score (nSPS) is 22.1. The van der Waals surface area contributed by atoms with Crippen LogP contribution in [0.25, 0.3) is 0 Å². The molecule has 5 nitrogen and oxygen atoms in total. The molecule has 0 aliphatic heterocycles. The Kier molecular flexibility index (Phi) is 4.95. The average molecular weight is 307 g/mol. The molecule has 1 aliphatic rings. The van der Waals surface area contributed by atoms with Crippen LogP contribution >= 0.6 is 0 Å². The van der Waals surface area contributed by atoms with Gasteiger partial charge in [-0.05, 0) is 39.0 Å². The summed E-state index contributed by atoms with van der Waals surface area (Å²) >= 11 is 0. The fourth-order valence-electron chi connectivity index (χ4n) is 2.29. The predicted molar refractivity (Wildman–Crippen MR) is 87.3 cm³/mol. The number of hydrogen-bond acceptors (Lipinski definition) is 5. The van der Waals surface area contributed by atoms with Crippen LogP contribution in [-0.2, 0) is 0 Å². The summed E-state index contributed by atoms with van der Waals surface area (Å²) in [6.07, 6.45) is 5.53. The van der Waals surface area contributed by atoms with Crippen LogP contribution in [0.4, 0.5) is 0 Å². The molecule has 124 valence electrons. The largest absolute Gasteiger partial charge is 0.476 e. The maximum absolute atomic E-state index is 5.83. The molecule has 1 N–H and O–H groups in total. The van der Waals surface area contributed by atoms with Gasteiger partial charge in [-0.3, -0.25) is 0 Å². The predicted octanol–water partition coefficient (Wildman–Crippen LogP) is 3.20. The highest BCUT2D eigenvalue weighted by molar-refractivity contribution is 5.12. The molecule has 1 saturated carbocycles. The lowest BCUT2D eigenvalue weighted by Crippen LogP contribution is -2.53. The average Bonchev–Trinajstić information content (AvgIpc) is 2.33. The van der Waals surface area contributed by atoms with Gasteiger partial charge in [0.1, 0.15) is 6.10 Å². The lowest BCUT2D eigenvalue weighted by atomic mass is 9.87. The Labute approximate surface area is 133 Å². The molecule has 0 atom stereocenters. The number of hydrogen-bond donors (Lipinski definition) is 1. The van der Waals surface area contributed by atoms with Gasteiger partial charge in [0.25, 0.3) is 0 Å². The zero-order chi connectivity index (χ0) is 16.4. The van der Waals surface area contributed by atoms with E-state index in [-0.39, 0.29) is 17.1 Å². The van der Waals surface area contributed by atoms with E-state index in [1.54, 1.807) is 12.4 Å². The van der Waals surface area contributed by atoms with Crippen LogP contribution in [0.5, 0.6) is 11.8 Å². The summed E-state index contributed by atoms with van der Waals surface area (Å²) in [5.74, 6) is 1.12. The van der Waals surface area contributed by atoms with E-state index in [1.807, 2.05) is 0 Å². The van der Waals surface area contributed by atoms with Crippen molar-refractivity contribution in [1.29, 1.82) is 0 Å². The smallest absolute Gasteiger partial charge is 0.232 e. The molecule has 5 heteroatoms. The lowest BCUT2D eigenvalue weighted by molar-refractivity contribution is 0.0687. The van der Waals surface area contributed by atoms with Gasteiger partial charge in [0, 0.05) is 11.6 Å². The van der Waals surface area contributed by atoms with E-state index < -0.39 is 0 Å². The summed E-state index contributed by atoms with van der Waals surface area (Å²) in [6, 6.07) is 0.535. The van der Waals surface area contributed by atoms with Gasteiger partial charge in [0.15, 0.2) is 0 Å². The first-order valence-electron chi connectivity index (χ1n) is 8.00. The highest BCUT2D eigenvalue weighted by Gasteiger charge is 2.33. The summed E-state index contributed by atoms with van der Waals surface area (Å²) in [6.45, 7) is 13.5. The van der Waals surface area contributed by atoms with Crippen molar-refractivity contribution in [2.24, 2.45) is 5.41 Å². The molecule has 1 aromatic rings. The third kappa shape index (κ3) is 5.79. The zero-order valence-electron chi connectivity index (χ0n) is 14.6. The van der Waals surface area contributed by atoms with E-state index >= 15 is 0 Å². The number of nitrogens with zero attached hydrogens (tertiary/aromatic N) is 2. The Morgan fingerprint density at radius 3 is 2.14 bits per heavy atom. The summed E-state index contributed by atoms with van der Waals surface area (Å²) in [4.78, 5) is 8.52. The van der Waals surface area contributed by atoms with Gasteiger partial charge >= 0.3 is 0 Å². The van der Waals surface area contributed by atoms with Crippen molar-refractivity contribution < 1.29 is 9.47 Å². The summed E-state index contributed by atoms with van der Waals surface area (Å²) < 4.78 is 11.4. The Hall–Kier alpha value is -1.36. The minimum absolute atomic E-state index is 0.109. The van der Waals surface area contributed by atoms with Crippen molar-refractivity contribution in [3.05, 3.63) is 12.4 Å². The monoisotopic (exact) mass is 307 g/mol. The van der Waals surface area contributed by atoms with Crippen LogP contribution in [0.3, 0.4) is 0 Å². The molecule has 0 saturated heterocycles. The Morgan fingerprint density at radius 2 is 1.64 bits per heavy atom. The van der Waals surface area contributed by atoms with Crippen LogP contribution in [0.1, 0.15) is 54.4 Å². The van der Waals surface area contributed by atoms with Gasteiger partial charge in [0.05, 0.1) is 19.0 Å². The second-order valence-electron chi connectivity index (χ2n) is 8.34. The lowest BCUT2D eigenvalue weighted by Gasteiger charge is -2.39. The molecule has 0 unspecified atom stereocenters. The fourth-order valence-corrected chi connectivity index (χ4v) is 2.29. The van der Waals surface area contributed by atoms with Gasteiger partial charge in [0.2, 0.25) is 11.8 Å². The molecule has 1 fully saturated rings. The fraction of sp³-hybridized carbons (Fsp3) is 0.765. The molecular weight excluding hydrogens is 278 g/mol. The summed E-state index contributed by atoms with van der Waals surface area (Å²) in [5, 5.41) is 3.58. The van der Waals surface area contributed by atoms with E-state index in [4.69, 9.17) is 9.47 Å². The maximum atomic E-state index is 5.83. The molecule has 0 spiro atoms. The molecule has 0 aromatic carbocycles. The SMILES string of the molecule is CC(C)(C)COc1cnc(O[C@H]2C[C@H](NC(C)(C)C)C2)cn1. The number of nitrogens with one attached hydrogen (secondary N) is 1. The third-order valence-electron chi connectivity index (χ3n) is 3.28.